The summed E-state index contributed by atoms with van der Waals surface area (Å²) in [6, 6.07) is 38.0. The minimum Gasteiger partial charge on any atom is -0.454 e. The first-order valence-corrected chi connectivity index (χ1v) is 30.0. The molecule has 4 aromatic carbocycles. The highest BCUT2D eigenvalue weighted by molar-refractivity contribution is 7.58. The molecule has 6 aromatic rings. The number of ether oxygens (including phenoxy) is 7. The van der Waals surface area contributed by atoms with Gasteiger partial charge in [-0.25, -0.2) is 28.3 Å². The number of esters is 2. The smallest absolute Gasteiger partial charge is 0.356 e. The number of carbonyl (C=O) groups excluding carboxylic acids is 2. The zero-order valence-electron chi connectivity index (χ0n) is 44.8. The molecule has 8 rings (SSSR count). The van der Waals surface area contributed by atoms with E-state index < -0.39 is 92.8 Å². The fourth-order valence-corrected chi connectivity index (χ4v) is 11.4. The van der Waals surface area contributed by atoms with Gasteiger partial charge >= 0.3 is 30.9 Å². The van der Waals surface area contributed by atoms with Gasteiger partial charge in [0, 0.05) is 50.2 Å². The van der Waals surface area contributed by atoms with Crippen molar-refractivity contribution in [2.45, 2.75) is 104 Å². The van der Waals surface area contributed by atoms with Crippen molar-refractivity contribution in [2.24, 2.45) is 0 Å². The molecule has 4 heterocycles. The molecule has 2 saturated heterocycles. The first-order chi connectivity index (χ1) is 38.6. The van der Waals surface area contributed by atoms with Gasteiger partial charge in [0.1, 0.15) is 19.6 Å². The third-order valence-corrected chi connectivity index (χ3v) is 16.1. The van der Waals surface area contributed by atoms with Crippen LogP contribution in [-0.2, 0) is 82.5 Å². The molecule has 2 aliphatic rings. The molecule has 1 unspecified atom stereocenters. The molecule has 80 heavy (non-hydrogen) atoms. The predicted octanol–water partition coefficient (Wildman–Crippen LogP) is 7.93. The van der Waals surface area contributed by atoms with Crippen LogP contribution in [0.4, 0.5) is 0 Å². The first-order valence-electron chi connectivity index (χ1n) is 26.0. The van der Waals surface area contributed by atoms with Crippen LogP contribution in [0, 0.1) is 0 Å². The van der Waals surface area contributed by atoms with Gasteiger partial charge in [0.2, 0.25) is 0 Å². The molecule has 0 aliphatic carbocycles. The van der Waals surface area contributed by atoms with Crippen LogP contribution in [0.15, 0.2) is 165 Å². The number of carbonyl (C=O) groups is 2. The van der Waals surface area contributed by atoms with E-state index in [1.165, 1.54) is 29.1 Å². The van der Waals surface area contributed by atoms with Crippen LogP contribution in [0.25, 0.3) is 0 Å². The van der Waals surface area contributed by atoms with Gasteiger partial charge in [-0.05, 0) is 62.6 Å². The number of hydrogen-bond acceptors (Lipinski definition) is 18. The first kappa shape index (κ1) is 61.0. The van der Waals surface area contributed by atoms with E-state index in [9.17, 15) is 37.9 Å². The van der Waals surface area contributed by atoms with E-state index in [2.05, 4.69) is 0 Å². The number of aromatic nitrogens is 4. The molecule has 428 valence electrons. The molecule has 24 heteroatoms. The van der Waals surface area contributed by atoms with Gasteiger partial charge in [0.25, 0.3) is 11.1 Å². The van der Waals surface area contributed by atoms with Crippen molar-refractivity contribution in [3.63, 3.8) is 0 Å². The summed E-state index contributed by atoms with van der Waals surface area (Å²) in [7, 11) is -6.37. The highest BCUT2D eigenvalue weighted by Gasteiger charge is 2.43. The van der Waals surface area contributed by atoms with Gasteiger partial charge in [-0.3, -0.25) is 27.9 Å². The second kappa shape index (κ2) is 29.7. The molecule has 7 atom stereocenters. The molecule has 0 N–H and O–H groups in total. The Hall–Kier alpha value is -6.68. The maximum Gasteiger partial charge on any atom is 0.356 e. The van der Waals surface area contributed by atoms with E-state index in [4.69, 9.17) is 46.7 Å². The minimum atomic E-state index is -3.56. The van der Waals surface area contributed by atoms with Crippen LogP contribution in [0.3, 0.4) is 0 Å². The van der Waals surface area contributed by atoms with Crippen LogP contribution >= 0.6 is 15.0 Å². The van der Waals surface area contributed by atoms with E-state index in [-0.39, 0.29) is 58.9 Å². The number of hydrogen-bond donors (Lipinski definition) is 0. The van der Waals surface area contributed by atoms with Crippen LogP contribution in [0.2, 0.25) is 0 Å². The van der Waals surface area contributed by atoms with Gasteiger partial charge in [0.05, 0.1) is 50.3 Å². The molecule has 2 aromatic heterocycles. The fourth-order valence-electron chi connectivity index (χ4n) is 8.62. The standard InChI is InChI=1S/C28H33N2O10P.C28H33N2O8P/c1-3-37-41(34,38-4-2)20-36-25-17-23(39-27(32)22-13-9-6-10-14-22)26(40-25)29-16-15-24(31)30(28(29)33)19-35-18-21-11-7-5-8-12-21;1-3-36-39(2,34)17-15-23-18-24(38-27(32)22-12-8-5-9-13-22)26(37-23)29-16-14-25(31)30(28(29)33)20-35-19-21-10-6-4-7-11-21/h5-16,23,25-26H,3-4,17-20H2,1-2H3;4-14,16,23-24,26H,3,15,17-20H2,1-2H3/t23-,25+,26+;23-,24+,26-,39?/m01/s1. The Balaban J connectivity index is 0.000000231. The number of nitrogens with zero attached hydrogens (tertiary/aromatic N) is 4. The highest BCUT2D eigenvalue weighted by atomic mass is 31.2. The lowest BCUT2D eigenvalue weighted by Gasteiger charge is -2.22. The average Bonchev–Trinajstić information content (AvgIpc) is 4.09. The van der Waals surface area contributed by atoms with Crippen LogP contribution < -0.4 is 22.5 Å². The van der Waals surface area contributed by atoms with Crippen molar-refractivity contribution in [3.05, 3.63) is 210 Å². The maximum atomic E-state index is 13.4. The second-order valence-corrected chi connectivity index (χ2v) is 23.1. The molecule has 0 amide bonds. The van der Waals surface area contributed by atoms with Gasteiger partial charge < -0.3 is 46.7 Å². The summed E-state index contributed by atoms with van der Waals surface area (Å²) < 4.78 is 86.3. The topological polar surface area (TPSA) is 249 Å². The summed E-state index contributed by atoms with van der Waals surface area (Å²) in [6.45, 7) is 7.19. The normalized spacial score (nSPS) is 19.6. The van der Waals surface area contributed by atoms with Crippen molar-refractivity contribution in [3.8, 4) is 0 Å². The third-order valence-electron chi connectivity index (χ3n) is 12.4. The zero-order chi connectivity index (χ0) is 57.1. The lowest BCUT2D eigenvalue weighted by atomic mass is 10.1. The SMILES string of the molecule is CCOP(=O)(CO[C@H]1C[C@H](OC(=O)c2ccccc2)[C@H](n2ccc(=O)n(COCc3ccccc3)c2=O)O1)OCC.CCOP(C)(=O)CC[C@@H]1C[C@H](OC(=O)c2ccccc2)[C@H](n2ccc(=O)n(COCc3ccccc3)c2=O)O1. The Morgan fingerprint density at radius 1 is 0.562 bits per heavy atom. The lowest BCUT2D eigenvalue weighted by molar-refractivity contribution is -0.149. The Kier molecular flexibility index (Phi) is 22.6. The second-order valence-electron chi connectivity index (χ2n) is 18.4. The summed E-state index contributed by atoms with van der Waals surface area (Å²) in [5.74, 6) is -1.19. The largest absolute Gasteiger partial charge is 0.454 e. The molecule has 2 aliphatic heterocycles. The molecule has 2 fully saturated rings. The van der Waals surface area contributed by atoms with Gasteiger partial charge in [-0.2, -0.15) is 0 Å². The maximum absolute atomic E-state index is 13.4. The van der Waals surface area contributed by atoms with Gasteiger partial charge in [-0.15, -0.1) is 0 Å². The average molecular weight is 1150 g/mol. The summed E-state index contributed by atoms with van der Waals surface area (Å²) in [5.41, 5.74) is -0.0429. The molecule has 0 bridgehead atoms. The van der Waals surface area contributed by atoms with E-state index in [1.54, 1.807) is 88.1 Å². The van der Waals surface area contributed by atoms with Crippen molar-refractivity contribution in [1.29, 1.82) is 0 Å². The minimum absolute atomic E-state index is 0.0115. The van der Waals surface area contributed by atoms with E-state index in [0.717, 1.165) is 24.8 Å². The third kappa shape index (κ3) is 17.2. The molecule has 0 radical (unpaired) electrons. The van der Waals surface area contributed by atoms with Crippen molar-refractivity contribution in [2.75, 3.05) is 39.0 Å². The lowest BCUT2D eigenvalue weighted by Crippen LogP contribution is -2.43. The number of benzene rings is 4. The Morgan fingerprint density at radius 3 is 1.44 bits per heavy atom. The molecular formula is C56H66N4O18P2. The fraction of sp³-hybridized carbons (Fsp3) is 0.393. The van der Waals surface area contributed by atoms with Crippen molar-refractivity contribution < 1.29 is 65.4 Å². The predicted molar refractivity (Wildman–Crippen MR) is 292 cm³/mol. The van der Waals surface area contributed by atoms with E-state index in [0.29, 0.717) is 24.2 Å². The van der Waals surface area contributed by atoms with Crippen LogP contribution in [0.5, 0.6) is 0 Å². The van der Waals surface area contributed by atoms with Crippen LogP contribution in [-0.4, -0.2) is 93.8 Å². The van der Waals surface area contributed by atoms with E-state index >= 15 is 0 Å². The van der Waals surface area contributed by atoms with Crippen molar-refractivity contribution in [1.82, 2.24) is 18.3 Å². The van der Waals surface area contributed by atoms with Gasteiger partial charge in [0.15, 0.2) is 38.6 Å². The zero-order valence-corrected chi connectivity index (χ0v) is 46.6. The summed E-state index contributed by atoms with van der Waals surface area (Å²) in [4.78, 5) is 77.6. The Labute approximate surface area is 461 Å². The molecule has 0 spiro atoms. The van der Waals surface area contributed by atoms with E-state index in [1.807, 2.05) is 60.7 Å². The molecule has 0 saturated carbocycles. The van der Waals surface area contributed by atoms with Gasteiger partial charge in [-0.1, -0.05) is 97.1 Å². The monoisotopic (exact) mass is 1140 g/mol. The Bertz CT molecular complexity index is 3280. The molecular weight excluding hydrogens is 1080 g/mol. The summed E-state index contributed by atoms with van der Waals surface area (Å²) >= 11 is 0. The Morgan fingerprint density at radius 2 is 0.988 bits per heavy atom. The summed E-state index contributed by atoms with van der Waals surface area (Å²) in [5, 5.41) is 0. The summed E-state index contributed by atoms with van der Waals surface area (Å²) in [6.07, 6.45) is -2.27. The molecule has 22 nitrogen and oxygen atoms in total. The number of rotatable bonds is 26. The van der Waals surface area contributed by atoms with Crippen LogP contribution in [0.1, 0.15) is 84.3 Å². The van der Waals surface area contributed by atoms with Crippen molar-refractivity contribution >= 4 is 26.9 Å². The quantitative estimate of drug-likeness (QED) is 0.0369. The highest BCUT2D eigenvalue weighted by Crippen LogP contribution is 2.49.